The first-order valence-electron chi connectivity index (χ1n) is 11.2. The highest BCUT2D eigenvalue weighted by molar-refractivity contribution is 6.16. The zero-order valence-corrected chi connectivity index (χ0v) is 20.0. The van der Waals surface area contributed by atoms with Crippen LogP contribution in [0.1, 0.15) is 45.6 Å². The number of pyridine rings is 1. The Morgan fingerprint density at radius 1 is 1.08 bits per heavy atom. The number of aliphatic imine (C=N–C) groups is 2. The van der Waals surface area contributed by atoms with Gasteiger partial charge in [-0.15, -0.1) is 0 Å². The fourth-order valence-electron chi connectivity index (χ4n) is 3.30. The van der Waals surface area contributed by atoms with Gasteiger partial charge in [-0.1, -0.05) is 43.0 Å². The molecule has 1 atom stereocenters. The Morgan fingerprint density at radius 3 is 2.41 bits per heavy atom. The van der Waals surface area contributed by atoms with Gasteiger partial charge < -0.3 is 10.6 Å². The standard InChI is InChI=1S/C27H25F4N5O/c1-3-32-12-13-33-15-19-4-6-20(7-5-19)16-34-25-24(14-22(17-35-25)27(29,30)31)26(37)36-18(2)21-8-10-23(28)11-9-21/h3-14,17-18H,1,15-16H2,2H3,(H,34,35)(H,36,37). The molecule has 37 heavy (non-hydrogen) atoms. The Hall–Kier alpha value is -4.34. The first-order chi connectivity index (χ1) is 17.7. The minimum Gasteiger partial charge on any atom is -0.365 e. The number of halogens is 4. The van der Waals surface area contributed by atoms with Crippen LogP contribution in [0.2, 0.25) is 0 Å². The minimum atomic E-state index is -4.67. The van der Waals surface area contributed by atoms with E-state index < -0.39 is 29.5 Å². The molecule has 0 aliphatic rings. The van der Waals surface area contributed by atoms with Crippen molar-refractivity contribution in [1.29, 1.82) is 0 Å². The van der Waals surface area contributed by atoms with Crippen LogP contribution in [0, 0.1) is 5.82 Å². The van der Waals surface area contributed by atoms with Crippen LogP contribution >= 0.6 is 0 Å². The summed E-state index contributed by atoms with van der Waals surface area (Å²) in [4.78, 5) is 24.9. The van der Waals surface area contributed by atoms with E-state index in [1.165, 1.54) is 36.7 Å². The number of rotatable bonds is 10. The molecule has 1 heterocycles. The van der Waals surface area contributed by atoms with Gasteiger partial charge in [-0.3, -0.25) is 14.8 Å². The second-order valence-electron chi connectivity index (χ2n) is 8.01. The first-order valence-corrected chi connectivity index (χ1v) is 11.2. The van der Waals surface area contributed by atoms with Crippen molar-refractivity contribution in [3.63, 3.8) is 0 Å². The van der Waals surface area contributed by atoms with Gasteiger partial charge in [-0.05, 0) is 41.8 Å². The Labute approximate surface area is 211 Å². The molecule has 10 heteroatoms. The molecule has 1 unspecified atom stereocenters. The van der Waals surface area contributed by atoms with E-state index in [0.29, 0.717) is 18.3 Å². The second kappa shape index (κ2) is 12.6. The van der Waals surface area contributed by atoms with Gasteiger partial charge in [0.05, 0.1) is 23.7 Å². The van der Waals surface area contributed by atoms with Crippen molar-refractivity contribution in [3.8, 4) is 0 Å². The predicted octanol–water partition coefficient (Wildman–Crippen LogP) is 6.13. The molecule has 2 N–H and O–H groups in total. The van der Waals surface area contributed by atoms with E-state index >= 15 is 0 Å². The fourth-order valence-corrected chi connectivity index (χ4v) is 3.30. The summed E-state index contributed by atoms with van der Waals surface area (Å²) in [6, 6.07) is 13.1. The van der Waals surface area contributed by atoms with Crippen LogP contribution in [0.5, 0.6) is 0 Å². The third-order valence-corrected chi connectivity index (χ3v) is 5.30. The van der Waals surface area contributed by atoms with E-state index in [4.69, 9.17) is 0 Å². The number of amides is 1. The quantitative estimate of drug-likeness (QED) is 0.254. The number of benzene rings is 2. The molecule has 0 aliphatic carbocycles. The largest absolute Gasteiger partial charge is 0.417 e. The van der Waals surface area contributed by atoms with Crippen LogP contribution in [-0.2, 0) is 19.3 Å². The van der Waals surface area contributed by atoms with E-state index in [9.17, 15) is 22.4 Å². The predicted molar refractivity (Wildman–Crippen MR) is 136 cm³/mol. The maximum absolute atomic E-state index is 13.3. The smallest absolute Gasteiger partial charge is 0.365 e. The molecule has 6 nitrogen and oxygen atoms in total. The van der Waals surface area contributed by atoms with Gasteiger partial charge in [0.2, 0.25) is 0 Å². The Bertz CT molecular complexity index is 1270. The van der Waals surface area contributed by atoms with Crippen LogP contribution in [0.15, 0.2) is 83.6 Å². The Kier molecular flexibility index (Phi) is 9.26. The Morgan fingerprint density at radius 2 is 1.76 bits per heavy atom. The molecule has 0 fully saturated rings. The number of carbonyl (C=O) groups is 1. The highest BCUT2D eigenvalue weighted by Crippen LogP contribution is 2.31. The summed E-state index contributed by atoms with van der Waals surface area (Å²) in [5, 5.41) is 5.60. The monoisotopic (exact) mass is 511 g/mol. The number of nitrogens with zero attached hydrogens (tertiary/aromatic N) is 3. The lowest BCUT2D eigenvalue weighted by Crippen LogP contribution is -2.28. The molecule has 3 rings (SSSR count). The molecule has 0 bridgehead atoms. The summed E-state index contributed by atoms with van der Waals surface area (Å²) in [5.41, 5.74) is 1.08. The molecule has 0 radical (unpaired) electrons. The van der Waals surface area contributed by atoms with Crippen LogP contribution in [0.3, 0.4) is 0 Å². The highest BCUT2D eigenvalue weighted by Gasteiger charge is 2.32. The van der Waals surface area contributed by atoms with Crippen LogP contribution in [0.25, 0.3) is 0 Å². The van der Waals surface area contributed by atoms with E-state index in [0.717, 1.165) is 17.2 Å². The van der Waals surface area contributed by atoms with Crippen molar-refractivity contribution in [2.45, 2.75) is 32.2 Å². The van der Waals surface area contributed by atoms with Gasteiger partial charge in [0, 0.05) is 31.4 Å². The maximum Gasteiger partial charge on any atom is 0.417 e. The molecular weight excluding hydrogens is 486 g/mol. The summed E-state index contributed by atoms with van der Waals surface area (Å²) < 4.78 is 53.2. The normalized spacial score (nSPS) is 12.6. The van der Waals surface area contributed by atoms with Gasteiger partial charge in [0.25, 0.3) is 5.91 Å². The topological polar surface area (TPSA) is 78.7 Å². The summed E-state index contributed by atoms with van der Waals surface area (Å²) in [6.07, 6.45) is 0.506. The number of aromatic nitrogens is 1. The van der Waals surface area contributed by atoms with Gasteiger partial charge in [-0.25, -0.2) is 9.37 Å². The molecule has 0 aliphatic heterocycles. The third kappa shape index (κ3) is 8.09. The van der Waals surface area contributed by atoms with Gasteiger partial charge in [0.1, 0.15) is 11.6 Å². The number of anilines is 1. The first kappa shape index (κ1) is 27.3. The zero-order valence-electron chi connectivity index (χ0n) is 20.0. The van der Waals surface area contributed by atoms with Crippen molar-refractivity contribution < 1.29 is 22.4 Å². The molecule has 192 valence electrons. The van der Waals surface area contributed by atoms with E-state index in [1.54, 1.807) is 13.1 Å². The lowest BCUT2D eigenvalue weighted by Gasteiger charge is -2.18. The lowest BCUT2D eigenvalue weighted by molar-refractivity contribution is -0.137. The van der Waals surface area contributed by atoms with Gasteiger partial charge >= 0.3 is 6.18 Å². The van der Waals surface area contributed by atoms with Crippen molar-refractivity contribution in [1.82, 2.24) is 10.3 Å². The van der Waals surface area contributed by atoms with Crippen LogP contribution in [-0.4, -0.2) is 23.3 Å². The van der Waals surface area contributed by atoms with E-state index in [2.05, 4.69) is 32.2 Å². The van der Waals surface area contributed by atoms with Gasteiger partial charge in [0.15, 0.2) is 0 Å². The SMILES string of the molecule is C=CN=CC=NCc1ccc(CNc2ncc(C(F)(F)F)cc2C(=O)NC(C)c2ccc(F)cc2)cc1. The van der Waals surface area contributed by atoms with Gasteiger partial charge in [-0.2, -0.15) is 13.2 Å². The average molecular weight is 512 g/mol. The second-order valence-corrected chi connectivity index (χ2v) is 8.01. The number of hydrogen-bond donors (Lipinski definition) is 2. The van der Waals surface area contributed by atoms with E-state index in [-0.39, 0.29) is 17.9 Å². The van der Waals surface area contributed by atoms with Crippen molar-refractivity contribution in [3.05, 3.63) is 107 Å². The van der Waals surface area contributed by atoms with Crippen molar-refractivity contribution in [2.75, 3.05) is 5.32 Å². The summed E-state index contributed by atoms with van der Waals surface area (Å²) in [5.74, 6) is -1.17. The summed E-state index contributed by atoms with van der Waals surface area (Å²) >= 11 is 0. The number of nitrogens with one attached hydrogen (secondary N) is 2. The maximum atomic E-state index is 13.3. The van der Waals surface area contributed by atoms with E-state index in [1.807, 2.05) is 24.3 Å². The van der Waals surface area contributed by atoms with Crippen molar-refractivity contribution in [2.24, 2.45) is 9.98 Å². The molecule has 1 aromatic heterocycles. The molecule has 3 aromatic rings. The molecule has 1 amide bonds. The Balaban J connectivity index is 1.73. The zero-order chi connectivity index (χ0) is 26.8. The summed E-state index contributed by atoms with van der Waals surface area (Å²) in [7, 11) is 0. The third-order valence-electron chi connectivity index (χ3n) is 5.30. The van der Waals surface area contributed by atoms with Crippen LogP contribution in [0.4, 0.5) is 23.4 Å². The minimum absolute atomic E-state index is 0.00647. The van der Waals surface area contributed by atoms with Crippen LogP contribution < -0.4 is 10.6 Å². The molecule has 2 aromatic carbocycles. The molecule has 0 saturated carbocycles. The van der Waals surface area contributed by atoms with Crippen molar-refractivity contribution >= 4 is 24.2 Å². The molecular formula is C27H25F4N5O. The average Bonchev–Trinajstić information content (AvgIpc) is 2.87. The summed E-state index contributed by atoms with van der Waals surface area (Å²) in [6.45, 7) is 5.80. The number of carbonyl (C=O) groups excluding carboxylic acids is 1. The lowest BCUT2D eigenvalue weighted by atomic mass is 10.1. The number of alkyl halides is 3. The fraction of sp³-hybridized carbons (Fsp3) is 0.185. The number of hydrogen-bond acceptors (Lipinski definition) is 5. The molecule has 0 saturated heterocycles. The molecule has 0 spiro atoms. The highest BCUT2D eigenvalue weighted by atomic mass is 19.4.